The fourth-order valence-electron chi connectivity index (χ4n) is 2.88. The van der Waals surface area contributed by atoms with Crippen LogP contribution in [0.5, 0.6) is 0 Å². The molecule has 1 aromatic heterocycles. The van der Waals surface area contributed by atoms with E-state index in [1.165, 1.54) is 11.1 Å². The maximum Gasteiger partial charge on any atom is 0.228 e. The molecule has 20 heavy (non-hydrogen) atoms. The van der Waals surface area contributed by atoms with Crippen LogP contribution in [0.3, 0.4) is 0 Å². The molecule has 1 atom stereocenters. The Hall–Kier alpha value is -1.68. The average molecular weight is 286 g/mol. The van der Waals surface area contributed by atoms with E-state index < -0.39 is 0 Å². The van der Waals surface area contributed by atoms with Crippen molar-refractivity contribution >= 4 is 17.2 Å². The molecule has 4 heteroatoms. The second-order valence-electron chi connectivity index (χ2n) is 5.29. The van der Waals surface area contributed by atoms with Crippen molar-refractivity contribution in [3.8, 4) is 0 Å². The zero-order valence-corrected chi connectivity index (χ0v) is 12.6. The van der Waals surface area contributed by atoms with Crippen LogP contribution < -0.4 is 0 Å². The van der Waals surface area contributed by atoms with Crippen molar-refractivity contribution in [3.63, 3.8) is 0 Å². The maximum atomic E-state index is 12.4. The zero-order chi connectivity index (χ0) is 14.1. The first kappa shape index (κ1) is 13.3. The summed E-state index contributed by atoms with van der Waals surface area (Å²) in [5, 5.41) is 2.99. The predicted molar refractivity (Wildman–Crippen MR) is 80.8 cm³/mol. The highest BCUT2D eigenvalue weighted by molar-refractivity contribution is 7.09. The fraction of sp³-hybridized carbons (Fsp3) is 0.375. The molecule has 3 nitrogen and oxygen atoms in total. The Labute approximate surface area is 123 Å². The summed E-state index contributed by atoms with van der Waals surface area (Å²) >= 11 is 1.60. The smallest absolute Gasteiger partial charge is 0.228 e. The van der Waals surface area contributed by atoms with Crippen LogP contribution in [0.1, 0.15) is 34.3 Å². The van der Waals surface area contributed by atoms with Crippen LogP contribution in [-0.4, -0.2) is 22.8 Å². The standard InChI is InChI=1S/C16H18N2OS/c1-11-17-13(10-20-11)9-16(19)18(2)15-8-7-12-5-3-4-6-14(12)15/h3-6,10,15H,7-9H2,1-2H3. The molecule has 0 bridgehead atoms. The highest BCUT2D eigenvalue weighted by Crippen LogP contribution is 2.35. The van der Waals surface area contributed by atoms with Gasteiger partial charge in [0.15, 0.2) is 0 Å². The maximum absolute atomic E-state index is 12.4. The molecule has 1 unspecified atom stereocenters. The highest BCUT2D eigenvalue weighted by Gasteiger charge is 2.28. The number of aryl methyl sites for hydroxylation is 2. The first-order valence-corrected chi connectivity index (χ1v) is 7.77. The largest absolute Gasteiger partial charge is 0.338 e. The molecule has 0 aliphatic heterocycles. The third-order valence-corrected chi connectivity index (χ3v) is 4.78. The van der Waals surface area contributed by atoms with Gasteiger partial charge in [-0.2, -0.15) is 0 Å². The molecule has 1 aromatic carbocycles. The number of amides is 1. The monoisotopic (exact) mass is 286 g/mol. The molecule has 2 aromatic rings. The summed E-state index contributed by atoms with van der Waals surface area (Å²) in [5.41, 5.74) is 3.56. The lowest BCUT2D eigenvalue weighted by molar-refractivity contribution is -0.131. The summed E-state index contributed by atoms with van der Waals surface area (Å²) < 4.78 is 0. The van der Waals surface area contributed by atoms with Crippen molar-refractivity contribution in [2.75, 3.05) is 7.05 Å². The molecular formula is C16H18N2OS. The van der Waals surface area contributed by atoms with Crippen molar-refractivity contribution < 1.29 is 4.79 Å². The summed E-state index contributed by atoms with van der Waals surface area (Å²) in [6, 6.07) is 8.65. The van der Waals surface area contributed by atoms with E-state index in [0.717, 1.165) is 23.5 Å². The van der Waals surface area contributed by atoms with Gasteiger partial charge in [0.25, 0.3) is 0 Å². The van der Waals surface area contributed by atoms with Crippen molar-refractivity contribution in [1.29, 1.82) is 0 Å². The molecule has 0 spiro atoms. The molecule has 1 aliphatic rings. The van der Waals surface area contributed by atoms with E-state index in [2.05, 4.69) is 29.2 Å². The normalized spacial score (nSPS) is 17.0. The van der Waals surface area contributed by atoms with Gasteiger partial charge in [0.05, 0.1) is 23.2 Å². The van der Waals surface area contributed by atoms with E-state index in [1.54, 1.807) is 11.3 Å². The highest BCUT2D eigenvalue weighted by atomic mass is 32.1. The van der Waals surface area contributed by atoms with Gasteiger partial charge in [0.1, 0.15) is 0 Å². The molecule has 0 saturated heterocycles. The number of fused-ring (bicyclic) bond motifs is 1. The van der Waals surface area contributed by atoms with Gasteiger partial charge in [-0.15, -0.1) is 11.3 Å². The molecular weight excluding hydrogens is 268 g/mol. The number of likely N-dealkylation sites (N-methyl/N-ethyl adjacent to an activating group) is 1. The van der Waals surface area contributed by atoms with Crippen LogP contribution in [0.4, 0.5) is 0 Å². The Balaban J connectivity index is 1.73. The second-order valence-corrected chi connectivity index (χ2v) is 6.35. The lowest BCUT2D eigenvalue weighted by atomic mass is 10.1. The van der Waals surface area contributed by atoms with Gasteiger partial charge >= 0.3 is 0 Å². The molecule has 104 valence electrons. The Kier molecular flexibility index (Phi) is 3.57. The SMILES string of the molecule is Cc1nc(CC(=O)N(C)C2CCc3ccccc32)cs1. The third-order valence-electron chi connectivity index (χ3n) is 3.96. The van der Waals surface area contributed by atoms with Crippen LogP contribution in [0.15, 0.2) is 29.6 Å². The van der Waals surface area contributed by atoms with Crippen molar-refractivity contribution in [3.05, 3.63) is 51.5 Å². The first-order chi connectivity index (χ1) is 9.65. The van der Waals surface area contributed by atoms with Gasteiger partial charge in [0.2, 0.25) is 5.91 Å². The van der Waals surface area contributed by atoms with E-state index in [4.69, 9.17) is 0 Å². The minimum Gasteiger partial charge on any atom is -0.338 e. The molecule has 1 amide bonds. The first-order valence-electron chi connectivity index (χ1n) is 6.89. The fourth-order valence-corrected chi connectivity index (χ4v) is 3.49. The number of carbonyl (C=O) groups excluding carboxylic acids is 1. The minimum atomic E-state index is 0.150. The third kappa shape index (κ3) is 2.48. The summed E-state index contributed by atoms with van der Waals surface area (Å²) in [6.45, 7) is 1.97. The number of hydrogen-bond donors (Lipinski definition) is 0. The predicted octanol–water partition coefficient (Wildman–Crippen LogP) is 3.14. The van der Waals surface area contributed by atoms with Crippen LogP contribution in [0.25, 0.3) is 0 Å². The van der Waals surface area contributed by atoms with E-state index in [-0.39, 0.29) is 11.9 Å². The Morgan fingerprint density at radius 3 is 3.00 bits per heavy atom. The van der Waals surface area contributed by atoms with E-state index in [9.17, 15) is 4.79 Å². The molecule has 0 radical (unpaired) electrons. The number of nitrogens with zero attached hydrogens (tertiary/aromatic N) is 2. The van der Waals surface area contributed by atoms with Crippen molar-refractivity contribution in [2.24, 2.45) is 0 Å². The van der Waals surface area contributed by atoms with Gasteiger partial charge < -0.3 is 4.90 Å². The number of hydrogen-bond acceptors (Lipinski definition) is 3. The summed E-state index contributed by atoms with van der Waals surface area (Å²) in [4.78, 5) is 18.7. The number of benzene rings is 1. The summed E-state index contributed by atoms with van der Waals surface area (Å²) in [5.74, 6) is 0.150. The van der Waals surface area contributed by atoms with Crippen LogP contribution in [0.2, 0.25) is 0 Å². The van der Waals surface area contributed by atoms with Crippen molar-refractivity contribution in [2.45, 2.75) is 32.2 Å². The number of aromatic nitrogens is 1. The molecule has 0 saturated carbocycles. The lowest BCUT2D eigenvalue weighted by Crippen LogP contribution is -2.31. The van der Waals surface area contributed by atoms with Gasteiger partial charge in [-0.05, 0) is 30.9 Å². The van der Waals surface area contributed by atoms with Gasteiger partial charge in [0, 0.05) is 12.4 Å². The lowest BCUT2D eigenvalue weighted by Gasteiger charge is -2.25. The van der Waals surface area contributed by atoms with E-state index in [0.29, 0.717) is 6.42 Å². The zero-order valence-electron chi connectivity index (χ0n) is 11.8. The Bertz CT molecular complexity index is 635. The molecule has 0 N–H and O–H groups in total. The molecule has 1 aliphatic carbocycles. The molecule has 1 heterocycles. The topological polar surface area (TPSA) is 33.2 Å². The number of rotatable bonds is 3. The average Bonchev–Trinajstić information content (AvgIpc) is 3.04. The summed E-state index contributed by atoms with van der Waals surface area (Å²) in [7, 11) is 1.91. The van der Waals surface area contributed by atoms with Crippen molar-refractivity contribution in [1.82, 2.24) is 9.88 Å². The van der Waals surface area contributed by atoms with Gasteiger partial charge in [-0.1, -0.05) is 24.3 Å². The van der Waals surface area contributed by atoms with E-state index >= 15 is 0 Å². The number of thiazole rings is 1. The van der Waals surface area contributed by atoms with Crippen LogP contribution >= 0.6 is 11.3 Å². The second kappa shape index (κ2) is 5.37. The van der Waals surface area contributed by atoms with E-state index in [1.807, 2.05) is 24.3 Å². The quantitative estimate of drug-likeness (QED) is 0.868. The summed E-state index contributed by atoms with van der Waals surface area (Å²) in [6.07, 6.45) is 2.49. The van der Waals surface area contributed by atoms with Crippen LogP contribution in [-0.2, 0) is 17.6 Å². The van der Waals surface area contributed by atoms with Gasteiger partial charge in [-0.25, -0.2) is 4.98 Å². The minimum absolute atomic E-state index is 0.150. The molecule has 3 rings (SSSR count). The van der Waals surface area contributed by atoms with Crippen LogP contribution in [0, 0.1) is 6.92 Å². The molecule has 0 fully saturated rings. The Morgan fingerprint density at radius 2 is 2.25 bits per heavy atom. The Morgan fingerprint density at radius 1 is 1.45 bits per heavy atom. The number of carbonyl (C=O) groups is 1. The van der Waals surface area contributed by atoms with Gasteiger partial charge in [-0.3, -0.25) is 4.79 Å².